The van der Waals surface area contributed by atoms with E-state index in [1.165, 1.54) is 0 Å². The molecule has 0 aliphatic carbocycles. The molecule has 10 heteroatoms. The molecule has 0 amide bonds. The van der Waals surface area contributed by atoms with Crippen LogP contribution in [0.5, 0.6) is 0 Å². The van der Waals surface area contributed by atoms with Gasteiger partial charge in [0.2, 0.25) is 0 Å². The summed E-state index contributed by atoms with van der Waals surface area (Å²) in [6.07, 6.45) is -2.67. The smallest absolute Gasteiger partial charge is 0.101 e. The fourth-order valence-corrected chi connectivity index (χ4v) is 0.585. The molecule has 0 spiro atoms. The molecule has 2 atom stereocenters. The fraction of sp³-hybridized carbons (Fsp3) is 0.833. The van der Waals surface area contributed by atoms with Crippen LogP contribution in [0.1, 0.15) is 6.92 Å². The number of carboxylic acid groups (broad SMARTS) is 1. The molecule has 0 aliphatic heterocycles. The number of aliphatic hydroxyl groups excluding tert-OH is 3. The van der Waals surface area contributed by atoms with Crippen LogP contribution in [0.2, 0.25) is 0 Å². The van der Waals surface area contributed by atoms with Crippen molar-refractivity contribution in [3.8, 4) is 0 Å². The van der Waals surface area contributed by atoms with Crippen LogP contribution in [0.4, 0.5) is 0 Å². The van der Waals surface area contributed by atoms with Crippen molar-refractivity contribution < 1.29 is 44.1 Å². The van der Waals surface area contributed by atoms with Crippen LogP contribution in [0.3, 0.4) is 0 Å². The molecular formula is C6H12O9P-3. The first-order valence-electron chi connectivity index (χ1n) is 3.94. The molecule has 0 radical (unpaired) electrons. The molecule has 0 aromatic heterocycles. The lowest BCUT2D eigenvalue weighted by Gasteiger charge is -2.29. The van der Waals surface area contributed by atoms with E-state index < -0.39 is 39.2 Å². The van der Waals surface area contributed by atoms with E-state index in [1.807, 2.05) is 0 Å². The van der Waals surface area contributed by atoms with Crippen LogP contribution in [0.15, 0.2) is 0 Å². The Morgan fingerprint density at radius 2 is 1.81 bits per heavy atom. The van der Waals surface area contributed by atoms with E-state index in [4.69, 9.17) is 15.3 Å². The van der Waals surface area contributed by atoms with Crippen LogP contribution in [-0.2, 0) is 13.9 Å². The van der Waals surface area contributed by atoms with Crippen LogP contribution in [-0.4, -0.2) is 46.7 Å². The SMILES string of the molecule is CC(O)C(=O)[O-].O=P([O-])([O-])OCC(O)CO. The number of aliphatic hydroxyl groups is 3. The summed E-state index contributed by atoms with van der Waals surface area (Å²) in [5, 5.41) is 33.9. The molecule has 0 rings (SSSR count). The lowest BCUT2D eigenvalue weighted by atomic mass is 10.4. The van der Waals surface area contributed by atoms with E-state index in [0.29, 0.717) is 0 Å². The van der Waals surface area contributed by atoms with Gasteiger partial charge in [-0.1, -0.05) is 0 Å². The van der Waals surface area contributed by atoms with Crippen molar-refractivity contribution in [2.75, 3.05) is 13.2 Å². The minimum atomic E-state index is -5.00. The number of carbonyl (C=O) groups excluding carboxylic acids is 1. The van der Waals surface area contributed by atoms with Gasteiger partial charge in [0.25, 0.3) is 0 Å². The van der Waals surface area contributed by atoms with Crippen molar-refractivity contribution in [2.45, 2.75) is 19.1 Å². The van der Waals surface area contributed by atoms with Crippen LogP contribution in [0, 0.1) is 0 Å². The molecular weight excluding hydrogens is 247 g/mol. The predicted molar refractivity (Wildman–Crippen MR) is 43.3 cm³/mol. The van der Waals surface area contributed by atoms with Gasteiger partial charge in [-0.2, -0.15) is 0 Å². The zero-order valence-electron chi connectivity index (χ0n) is 8.31. The van der Waals surface area contributed by atoms with E-state index in [2.05, 4.69) is 4.52 Å². The number of rotatable bonds is 5. The summed E-state index contributed by atoms with van der Waals surface area (Å²) in [6, 6.07) is 0. The second-order valence-corrected chi connectivity index (χ2v) is 3.73. The highest BCUT2D eigenvalue weighted by molar-refractivity contribution is 7.43. The van der Waals surface area contributed by atoms with Gasteiger partial charge in [-0.05, 0) is 6.92 Å². The Morgan fingerprint density at radius 3 is 2.00 bits per heavy atom. The molecule has 0 aromatic carbocycles. The number of carboxylic acids is 1. The summed E-state index contributed by atoms with van der Waals surface area (Å²) in [6.45, 7) is -0.198. The van der Waals surface area contributed by atoms with Crippen LogP contribution < -0.4 is 14.9 Å². The minimum absolute atomic E-state index is 0.639. The first-order chi connectivity index (χ1) is 7.10. The average molecular weight is 259 g/mol. The molecule has 0 bridgehead atoms. The molecule has 16 heavy (non-hydrogen) atoms. The number of hydrogen-bond donors (Lipinski definition) is 3. The van der Waals surface area contributed by atoms with Gasteiger partial charge < -0.3 is 44.1 Å². The number of carbonyl (C=O) groups is 1. The number of aliphatic carboxylic acids is 1. The first-order valence-corrected chi connectivity index (χ1v) is 5.40. The Labute approximate surface area is 91.2 Å². The van der Waals surface area contributed by atoms with E-state index >= 15 is 0 Å². The van der Waals surface area contributed by atoms with Gasteiger partial charge in [0.05, 0.1) is 33.1 Å². The Kier molecular flexibility index (Phi) is 9.58. The Morgan fingerprint density at radius 1 is 1.44 bits per heavy atom. The maximum atomic E-state index is 9.71. The predicted octanol–water partition coefficient (Wildman–Crippen LogP) is -4.70. The van der Waals surface area contributed by atoms with Crippen LogP contribution >= 0.6 is 7.82 Å². The van der Waals surface area contributed by atoms with Gasteiger partial charge in [-0.25, -0.2) is 0 Å². The second-order valence-electron chi connectivity index (χ2n) is 2.57. The van der Waals surface area contributed by atoms with Gasteiger partial charge >= 0.3 is 0 Å². The highest BCUT2D eigenvalue weighted by atomic mass is 31.2. The second kappa shape index (κ2) is 8.59. The van der Waals surface area contributed by atoms with Crippen molar-refractivity contribution in [2.24, 2.45) is 0 Å². The summed E-state index contributed by atoms with van der Waals surface area (Å²) in [7, 11) is -5.00. The summed E-state index contributed by atoms with van der Waals surface area (Å²) >= 11 is 0. The van der Waals surface area contributed by atoms with Gasteiger partial charge in [-0.15, -0.1) is 0 Å². The number of hydrogen-bond acceptors (Lipinski definition) is 9. The molecule has 0 saturated heterocycles. The minimum Gasteiger partial charge on any atom is -0.790 e. The van der Waals surface area contributed by atoms with E-state index in [1.54, 1.807) is 0 Å². The molecule has 0 aliphatic rings. The third-order valence-electron chi connectivity index (χ3n) is 0.977. The molecule has 9 nitrogen and oxygen atoms in total. The first kappa shape index (κ1) is 17.8. The van der Waals surface area contributed by atoms with Crippen molar-refractivity contribution in [1.82, 2.24) is 0 Å². The third-order valence-corrected chi connectivity index (χ3v) is 1.44. The van der Waals surface area contributed by atoms with Crippen molar-refractivity contribution in [3.05, 3.63) is 0 Å². The summed E-state index contributed by atoms with van der Waals surface area (Å²) in [5.41, 5.74) is 0. The average Bonchev–Trinajstić information content (AvgIpc) is 2.13. The quantitative estimate of drug-likeness (QED) is 0.409. The molecule has 0 aromatic rings. The number of phosphoric ester groups is 1. The summed E-state index contributed by atoms with van der Waals surface area (Å²) < 4.78 is 13.3. The maximum Gasteiger partial charge on any atom is 0.101 e. The monoisotopic (exact) mass is 259 g/mol. The molecule has 2 unspecified atom stereocenters. The summed E-state index contributed by atoms with van der Waals surface area (Å²) in [4.78, 5) is 28.8. The van der Waals surface area contributed by atoms with Crippen molar-refractivity contribution in [1.29, 1.82) is 0 Å². The molecule has 0 saturated carbocycles. The van der Waals surface area contributed by atoms with Crippen molar-refractivity contribution >= 4 is 13.8 Å². The Bertz CT molecular complexity index is 234. The van der Waals surface area contributed by atoms with E-state index in [0.717, 1.165) is 6.92 Å². The Balaban J connectivity index is 0. The third kappa shape index (κ3) is 15.9. The van der Waals surface area contributed by atoms with Gasteiger partial charge in [0.1, 0.15) is 6.10 Å². The summed E-state index contributed by atoms with van der Waals surface area (Å²) in [5.74, 6) is -1.44. The molecule has 3 N–H and O–H groups in total. The normalized spacial score (nSPS) is 14.6. The molecule has 98 valence electrons. The van der Waals surface area contributed by atoms with Gasteiger partial charge in [0, 0.05) is 0 Å². The maximum absolute atomic E-state index is 9.71. The van der Waals surface area contributed by atoms with E-state index in [-0.39, 0.29) is 0 Å². The van der Waals surface area contributed by atoms with Gasteiger partial charge in [-0.3, -0.25) is 0 Å². The number of phosphoric acid groups is 1. The lowest BCUT2D eigenvalue weighted by molar-refractivity contribution is -0.342. The Hall–Kier alpha value is -0.540. The highest BCUT2D eigenvalue weighted by Crippen LogP contribution is 2.24. The van der Waals surface area contributed by atoms with E-state index in [9.17, 15) is 24.3 Å². The largest absolute Gasteiger partial charge is 0.790 e. The zero-order valence-corrected chi connectivity index (χ0v) is 9.20. The lowest BCUT2D eigenvalue weighted by Crippen LogP contribution is -2.32. The van der Waals surface area contributed by atoms with Gasteiger partial charge in [0.15, 0.2) is 0 Å². The highest BCUT2D eigenvalue weighted by Gasteiger charge is 2.01. The molecule has 0 fully saturated rings. The molecule has 0 heterocycles. The topological polar surface area (TPSA) is 173 Å². The fourth-order valence-electron chi connectivity index (χ4n) is 0.230. The van der Waals surface area contributed by atoms with Crippen LogP contribution in [0.25, 0.3) is 0 Å². The van der Waals surface area contributed by atoms with Crippen molar-refractivity contribution in [3.63, 3.8) is 0 Å². The standard InChI is InChI=1S/C3H9O6P.C3H6O3/c4-1-3(5)2-9-10(6,7)8;1-2(4)3(5)6/h3-5H,1-2H2,(H2,6,7,8);2,4H,1H3,(H,5,6)/p-3. The zero-order chi connectivity index (χ0) is 13.4.